The number of carbonyl (C=O) groups excluding carboxylic acids is 1. The number of nitrogen functional groups attached to an aromatic ring is 1. The molecule has 0 unspecified atom stereocenters. The van der Waals surface area contributed by atoms with Crippen LogP contribution in [0.4, 0.5) is 5.95 Å². The van der Waals surface area contributed by atoms with Crippen LogP contribution in [0.25, 0.3) is 10.3 Å². The molecule has 2 N–H and O–H groups in total. The van der Waals surface area contributed by atoms with Crippen molar-refractivity contribution in [2.24, 2.45) is 0 Å². The Hall–Kier alpha value is -2.09. The van der Waals surface area contributed by atoms with Gasteiger partial charge in [0.25, 0.3) is 0 Å². The first kappa shape index (κ1) is 16.8. The Morgan fingerprint density at radius 1 is 1.62 bits per heavy atom. The van der Waals surface area contributed by atoms with Gasteiger partial charge in [-0.15, -0.1) is 17.7 Å². The topological polar surface area (TPSA) is 109 Å². The number of nitrogens with zero attached hydrogens (tertiary/aromatic N) is 3. The normalized spacial score (nSPS) is 21.2. The van der Waals surface area contributed by atoms with Crippen LogP contribution >= 0.6 is 23.1 Å². The van der Waals surface area contributed by atoms with E-state index < -0.39 is 23.7 Å². The largest absolute Gasteiger partial charge is 0.446 e. The van der Waals surface area contributed by atoms with Crippen LogP contribution in [0, 0.1) is 11.8 Å². The third-order valence-electron chi connectivity index (χ3n) is 3.19. The highest BCUT2D eigenvalue weighted by Gasteiger charge is 2.36. The molecule has 2 aromatic heterocycles. The molecule has 3 rings (SSSR count). The summed E-state index contributed by atoms with van der Waals surface area (Å²) in [6.07, 6.45) is 0.291. The van der Waals surface area contributed by atoms with Gasteiger partial charge in [0.1, 0.15) is 0 Å². The molecule has 2 aromatic rings. The van der Waals surface area contributed by atoms with Crippen molar-refractivity contribution in [1.29, 1.82) is 0 Å². The van der Waals surface area contributed by atoms with E-state index in [0.717, 1.165) is 11.3 Å². The Labute approximate surface area is 145 Å². The molecule has 24 heavy (non-hydrogen) atoms. The molecule has 1 aliphatic rings. The summed E-state index contributed by atoms with van der Waals surface area (Å²) in [5.41, 5.74) is 5.58. The van der Waals surface area contributed by atoms with Crippen LogP contribution in [0.1, 0.15) is 20.1 Å². The molecular formula is C14H14N4O4S2. The number of thiazole rings is 1. The quantitative estimate of drug-likeness (QED) is 0.632. The van der Waals surface area contributed by atoms with E-state index in [1.165, 1.54) is 29.4 Å². The molecule has 0 radical (unpaired) electrons. The maximum absolute atomic E-state index is 12.3. The van der Waals surface area contributed by atoms with Crippen molar-refractivity contribution < 1.29 is 14.3 Å². The number of thioether (sulfide) groups is 1. The molecule has 126 valence electrons. The van der Waals surface area contributed by atoms with Gasteiger partial charge in [-0.25, -0.2) is 4.98 Å². The highest BCUT2D eigenvalue weighted by atomic mass is 32.2. The van der Waals surface area contributed by atoms with Gasteiger partial charge < -0.3 is 15.2 Å². The van der Waals surface area contributed by atoms with Gasteiger partial charge in [-0.05, 0) is 6.92 Å². The number of hydrogen-bond donors (Lipinski definition) is 1. The van der Waals surface area contributed by atoms with E-state index in [9.17, 15) is 9.59 Å². The standard InChI is InChI=1S/C14H14N4O4S2/c1-3-4-8(21-7(2)19)12-22-10(6-23-12)18-11-9(24-14(18)20)5-16-13(15)17-11/h5,8,10,12H,6H2,1-2H3,(H2,15,16,17)/t8-,10+,12-/m0/s1. The summed E-state index contributed by atoms with van der Waals surface area (Å²) >= 11 is 2.46. The van der Waals surface area contributed by atoms with Gasteiger partial charge in [-0.2, -0.15) is 4.98 Å². The van der Waals surface area contributed by atoms with E-state index in [1.807, 2.05) is 0 Å². The van der Waals surface area contributed by atoms with Gasteiger partial charge in [0.2, 0.25) is 5.95 Å². The molecule has 0 aromatic carbocycles. The van der Waals surface area contributed by atoms with E-state index in [4.69, 9.17) is 15.2 Å². The smallest absolute Gasteiger partial charge is 0.311 e. The van der Waals surface area contributed by atoms with E-state index in [-0.39, 0.29) is 10.8 Å². The molecule has 0 aliphatic carbocycles. The fraction of sp³-hybridized carbons (Fsp3) is 0.429. The van der Waals surface area contributed by atoms with Crippen molar-refractivity contribution in [2.75, 3.05) is 11.5 Å². The minimum atomic E-state index is -0.692. The third kappa shape index (κ3) is 3.24. The van der Waals surface area contributed by atoms with Crippen molar-refractivity contribution in [1.82, 2.24) is 14.5 Å². The van der Waals surface area contributed by atoms with E-state index in [2.05, 4.69) is 21.8 Å². The van der Waals surface area contributed by atoms with Gasteiger partial charge in [0, 0.05) is 12.7 Å². The van der Waals surface area contributed by atoms with E-state index >= 15 is 0 Å². The maximum Gasteiger partial charge on any atom is 0.311 e. The molecule has 0 amide bonds. The second-order valence-corrected chi connectivity index (χ2v) is 7.00. The van der Waals surface area contributed by atoms with Crippen molar-refractivity contribution in [3.63, 3.8) is 0 Å². The number of esters is 1. The summed E-state index contributed by atoms with van der Waals surface area (Å²) < 4.78 is 13.2. The summed E-state index contributed by atoms with van der Waals surface area (Å²) in [5, 5.41) is 0. The summed E-state index contributed by atoms with van der Waals surface area (Å²) in [5.74, 6) is 5.69. The lowest BCUT2D eigenvalue weighted by Gasteiger charge is -2.18. The summed E-state index contributed by atoms with van der Waals surface area (Å²) in [7, 11) is 0. The maximum atomic E-state index is 12.3. The molecule has 0 bridgehead atoms. The first-order valence-electron chi connectivity index (χ1n) is 6.99. The van der Waals surface area contributed by atoms with Crippen LogP contribution in [-0.4, -0.2) is 37.8 Å². The fourth-order valence-electron chi connectivity index (χ4n) is 2.28. The van der Waals surface area contributed by atoms with Crippen LogP contribution in [0.3, 0.4) is 0 Å². The minimum Gasteiger partial charge on any atom is -0.446 e. The Morgan fingerprint density at radius 3 is 3.12 bits per heavy atom. The average Bonchev–Trinajstić information content (AvgIpc) is 3.09. The molecule has 0 spiro atoms. The lowest BCUT2D eigenvalue weighted by Crippen LogP contribution is -2.29. The summed E-state index contributed by atoms with van der Waals surface area (Å²) in [6.45, 7) is 2.97. The predicted octanol–water partition coefficient (Wildman–Crippen LogP) is 0.978. The monoisotopic (exact) mass is 366 g/mol. The lowest BCUT2D eigenvalue weighted by molar-refractivity contribution is -0.148. The SMILES string of the molecule is CC#C[C@H](OC(C)=O)[C@H]1O[C@@H](n2c(=O)sc3cnc(N)nc32)CS1. The van der Waals surface area contributed by atoms with Gasteiger partial charge in [-0.1, -0.05) is 17.3 Å². The van der Waals surface area contributed by atoms with Gasteiger partial charge in [0.05, 0.1) is 10.9 Å². The number of carbonyl (C=O) groups is 1. The van der Waals surface area contributed by atoms with Crippen LogP contribution in [-0.2, 0) is 14.3 Å². The molecule has 10 heteroatoms. The van der Waals surface area contributed by atoms with E-state index in [1.54, 1.807) is 6.92 Å². The minimum absolute atomic E-state index is 0.0888. The number of ether oxygens (including phenoxy) is 2. The number of fused-ring (bicyclic) bond motifs is 1. The second kappa shape index (κ2) is 6.80. The van der Waals surface area contributed by atoms with Crippen molar-refractivity contribution in [3.05, 3.63) is 15.9 Å². The number of nitrogens with two attached hydrogens (primary N) is 1. The number of rotatable bonds is 3. The Balaban J connectivity index is 1.89. The Kier molecular flexibility index (Phi) is 4.75. The molecule has 8 nitrogen and oxygen atoms in total. The second-order valence-electron chi connectivity index (χ2n) is 4.87. The number of hydrogen-bond acceptors (Lipinski definition) is 9. The van der Waals surface area contributed by atoms with Crippen LogP contribution < -0.4 is 10.6 Å². The third-order valence-corrected chi connectivity index (χ3v) is 5.23. The molecule has 1 fully saturated rings. The molecule has 1 saturated heterocycles. The van der Waals surface area contributed by atoms with Crippen LogP contribution in [0.15, 0.2) is 11.0 Å². The molecular weight excluding hydrogens is 352 g/mol. The molecule has 1 aliphatic heterocycles. The first-order valence-corrected chi connectivity index (χ1v) is 8.86. The summed E-state index contributed by atoms with van der Waals surface area (Å²) in [4.78, 5) is 31.3. The zero-order valence-corrected chi connectivity index (χ0v) is 14.5. The van der Waals surface area contributed by atoms with Gasteiger partial charge >= 0.3 is 10.8 Å². The zero-order chi connectivity index (χ0) is 17.3. The van der Waals surface area contributed by atoms with Crippen LogP contribution in [0.2, 0.25) is 0 Å². The summed E-state index contributed by atoms with van der Waals surface area (Å²) in [6, 6.07) is 0. The fourth-order valence-corrected chi connectivity index (χ4v) is 4.20. The highest BCUT2D eigenvalue weighted by Crippen LogP contribution is 2.35. The molecule has 0 saturated carbocycles. The Bertz CT molecular complexity index is 898. The first-order chi connectivity index (χ1) is 11.5. The zero-order valence-electron chi connectivity index (χ0n) is 12.9. The van der Waals surface area contributed by atoms with Crippen LogP contribution in [0.5, 0.6) is 0 Å². The lowest BCUT2D eigenvalue weighted by atomic mass is 10.3. The number of anilines is 1. The average molecular weight is 366 g/mol. The van der Waals surface area contributed by atoms with Crippen molar-refractivity contribution in [3.8, 4) is 11.8 Å². The van der Waals surface area contributed by atoms with Crippen molar-refractivity contribution >= 4 is 45.4 Å². The predicted molar refractivity (Wildman–Crippen MR) is 91.5 cm³/mol. The van der Waals surface area contributed by atoms with Crippen molar-refractivity contribution in [2.45, 2.75) is 31.6 Å². The Morgan fingerprint density at radius 2 is 2.42 bits per heavy atom. The van der Waals surface area contributed by atoms with Gasteiger partial charge in [-0.3, -0.25) is 14.2 Å². The molecule has 3 heterocycles. The van der Waals surface area contributed by atoms with E-state index in [0.29, 0.717) is 16.1 Å². The molecule has 3 atom stereocenters. The van der Waals surface area contributed by atoms with Gasteiger partial charge in [0.15, 0.2) is 23.4 Å². The highest BCUT2D eigenvalue weighted by molar-refractivity contribution is 8.00. The number of aromatic nitrogens is 3.